The Morgan fingerprint density at radius 1 is 1.44 bits per heavy atom. The SMILES string of the molecule is CCNC(=O)C1CNCCN1C(C)C1CCCC1. The van der Waals surface area contributed by atoms with Crippen LogP contribution < -0.4 is 10.6 Å². The van der Waals surface area contributed by atoms with Gasteiger partial charge in [0.15, 0.2) is 0 Å². The second-order valence-electron chi connectivity index (χ2n) is 5.64. The van der Waals surface area contributed by atoms with E-state index in [0.29, 0.717) is 6.04 Å². The fourth-order valence-electron chi connectivity index (χ4n) is 3.45. The predicted molar refractivity (Wildman–Crippen MR) is 73.5 cm³/mol. The van der Waals surface area contributed by atoms with Crippen molar-refractivity contribution in [2.24, 2.45) is 5.92 Å². The maximum atomic E-state index is 12.1. The summed E-state index contributed by atoms with van der Waals surface area (Å²) in [7, 11) is 0. The Morgan fingerprint density at radius 3 is 2.83 bits per heavy atom. The van der Waals surface area contributed by atoms with Crippen LogP contribution in [0.15, 0.2) is 0 Å². The van der Waals surface area contributed by atoms with Crippen LogP contribution in [0.3, 0.4) is 0 Å². The molecule has 0 aromatic carbocycles. The van der Waals surface area contributed by atoms with E-state index in [1.807, 2.05) is 6.92 Å². The van der Waals surface area contributed by atoms with Gasteiger partial charge in [-0.05, 0) is 32.6 Å². The predicted octanol–water partition coefficient (Wildman–Crippen LogP) is 0.975. The Balaban J connectivity index is 1.99. The van der Waals surface area contributed by atoms with Crippen LogP contribution in [-0.2, 0) is 4.79 Å². The number of hydrogen-bond donors (Lipinski definition) is 2. The van der Waals surface area contributed by atoms with Crippen molar-refractivity contribution in [3.8, 4) is 0 Å². The second kappa shape index (κ2) is 6.53. The van der Waals surface area contributed by atoms with E-state index in [1.165, 1.54) is 25.7 Å². The highest BCUT2D eigenvalue weighted by molar-refractivity contribution is 5.82. The third-order valence-electron chi connectivity index (χ3n) is 4.54. The first-order chi connectivity index (χ1) is 8.74. The maximum absolute atomic E-state index is 12.1. The Hall–Kier alpha value is -0.610. The van der Waals surface area contributed by atoms with Gasteiger partial charge in [0.1, 0.15) is 6.04 Å². The summed E-state index contributed by atoms with van der Waals surface area (Å²) in [6, 6.07) is 0.566. The van der Waals surface area contributed by atoms with Crippen LogP contribution in [0.4, 0.5) is 0 Å². The lowest BCUT2D eigenvalue weighted by atomic mass is 9.95. The van der Waals surface area contributed by atoms with Crippen molar-refractivity contribution >= 4 is 5.91 Å². The molecule has 0 spiro atoms. The minimum Gasteiger partial charge on any atom is -0.355 e. The van der Waals surface area contributed by atoms with Gasteiger partial charge in [-0.3, -0.25) is 9.69 Å². The number of piperazine rings is 1. The Labute approximate surface area is 110 Å². The Kier molecular flexibility index (Phi) is 5.01. The average molecular weight is 253 g/mol. The Bertz CT molecular complexity index is 276. The van der Waals surface area contributed by atoms with Crippen LogP contribution in [0.25, 0.3) is 0 Å². The van der Waals surface area contributed by atoms with E-state index >= 15 is 0 Å². The van der Waals surface area contributed by atoms with Crippen molar-refractivity contribution in [2.45, 2.75) is 51.6 Å². The van der Waals surface area contributed by atoms with E-state index in [-0.39, 0.29) is 11.9 Å². The zero-order chi connectivity index (χ0) is 13.0. The fourth-order valence-corrected chi connectivity index (χ4v) is 3.45. The van der Waals surface area contributed by atoms with E-state index in [4.69, 9.17) is 0 Å². The average Bonchev–Trinajstić information content (AvgIpc) is 2.92. The molecular formula is C14H27N3O. The molecule has 0 radical (unpaired) electrons. The van der Waals surface area contributed by atoms with Crippen LogP contribution in [-0.4, -0.2) is 49.1 Å². The molecule has 0 aromatic rings. The summed E-state index contributed by atoms with van der Waals surface area (Å²) in [4.78, 5) is 14.6. The van der Waals surface area contributed by atoms with Gasteiger partial charge in [-0.2, -0.15) is 0 Å². The summed E-state index contributed by atoms with van der Waals surface area (Å²) in [6.45, 7) is 7.82. The third-order valence-corrected chi connectivity index (χ3v) is 4.54. The lowest BCUT2D eigenvalue weighted by molar-refractivity contribution is -0.128. The summed E-state index contributed by atoms with van der Waals surface area (Å²) >= 11 is 0. The van der Waals surface area contributed by atoms with E-state index in [9.17, 15) is 4.79 Å². The van der Waals surface area contributed by atoms with Crippen LogP contribution in [0.2, 0.25) is 0 Å². The van der Waals surface area contributed by atoms with Gasteiger partial charge < -0.3 is 10.6 Å². The van der Waals surface area contributed by atoms with Gasteiger partial charge in [0.05, 0.1) is 0 Å². The van der Waals surface area contributed by atoms with Crippen molar-refractivity contribution < 1.29 is 4.79 Å². The molecule has 104 valence electrons. The number of nitrogens with zero attached hydrogens (tertiary/aromatic N) is 1. The third kappa shape index (κ3) is 3.04. The number of carbonyl (C=O) groups is 1. The summed E-state index contributed by atoms with van der Waals surface area (Å²) in [5, 5.41) is 6.32. The first-order valence-electron chi connectivity index (χ1n) is 7.48. The van der Waals surface area contributed by atoms with Gasteiger partial charge in [-0.25, -0.2) is 0 Å². The minimum absolute atomic E-state index is 0.0225. The van der Waals surface area contributed by atoms with E-state index in [0.717, 1.165) is 32.1 Å². The minimum atomic E-state index is 0.0225. The maximum Gasteiger partial charge on any atom is 0.238 e. The molecule has 2 atom stereocenters. The van der Waals surface area contributed by atoms with Crippen molar-refractivity contribution in [1.82, 2.24) is 15.5 Å². The molecule has 2 rings (SSSR count). The lowest BCUT2D eigenvalue weighted by Crippen LogP contribution is -2.61. The van der Waals surface area contributed by atoms with Crippen LogP contribution in [0.1, 0.15) is 39.5 Å². The van der Waals surface area contributed by atoms with Crippen molar-refractivity contribution in [1.29, 1.82) is 0 Å². The molecule has 0 bridgehead atoms. The summed E-state index contributed by atoms with van der Waals surface area (Å²) in [5.74, 6) is 0.981. The number of hydrogen-bond acceptors (Lipinski definition) is 3. The molecule has 4 heteroatoms. The van der Waals surface area contributed by atoms with Crippen molar-refractivity contribution in [3.63, 3.8) is 0 Å². The molecule has 1 heterocycles. The molecule has 1 saturated heterocycles. The standard InChI is InChI=1S/C14H27N3O/c1-3-16-14(18)13-10-15-8-9-17(13)11(2)12-6-4-5-7-12/h11-13,15H,3-10H2,1-2H3,(H,16,18). The number of nitrogens with one attached hydrogen (secondary N) is 2. The summed E-state index contributed by atoms with van der Waals surface area (Å²) < 4.78 is 0. The number of amides is 1. The summed E-state index contributed by atoms with van der Waals surface area (Å²) in [6.07, 6.45) is 5.42. The molecule has 1 saturated carbocycles. The molecule has 1 amide bonds. The highest BCUT2D eigenvalue weighted by Crippen LogP contribution is 2.31. The molecule has 2 fully saturated rings. The molecule has 18 heavy (non-hydrogen) atoms. The highest BCUT2D eigenvalue weighted by Gasteiger charge is 2.35. The largest absolute Gasteiger partial charge is 0.355 e. The molecule has 2 N–H and O–H groups in total. The molecule has 1 aliphatic carbocycles. The van der Waals surface area contributed by atoms with E-state index in [1.54, 1.807) is 0 Å². The molecule has 2 unspecified atom stereocenters. The van der Waals surface area contributed by atoms with Crippen LogP contribution in [0, 0.1) is 5.92 Å². The van der Waals surface area contributed by atoms with Gasteiger partial charge in [-0.1, -0.05) is 12.8 Å². The number of rotatable bonds is 4. The van der Waals surface area contributed by atoms with Crippen molar-refractivity contribution in [3.05, 3.63) is 0 Å². The molecule has 2 aliphatic rings. The van der Waals surface area contributed by atoms with E-state index in [2.05, 4.69) is 22.5 Å². The van der Waals surface area contributed by atoms with Gasteiger partial charge in [-0.15, -0.1) is 0 Å². The summed E-state index contributed by atoms with van der Waals surface area (Å²) in [5.41, 5.74) is 0. The second-order valence-corrected chi connectivity index (χ2v) is 5.64. The molecule has 0 aromatic heterocycles. The number of carbonyl (C=O) groups excluding carboxylic acids is 1. The zero-order valence-electron chi connectivity index (χ0n) is 11.7. The smallest absolute Gasteiger partial charge is 0.238 e. The van der Waals surface area contributed by atoms with Gasteiger partial charge in [0.2, 0.25) is 5.91 Å². The first kappa shape index (κ1) is 13.8. The monoisotopic (exact) mass is 253 g/mol. The number of likely N-dealkylation sites (N-methyl/N-ethyl adjacent to an activating group) is 1. The highest BCUT2D eigenvalue weighted by atomic mass is 16.2. The molecular weight excluding hydrogens is 226 g/mol. The Morgan fingerprint density at radius 2 is 2.17 bits per heavy atom. The molecule has 4 nitrogen and oxygen atoms in total. The zero-order valence-corrected chi connectivity index (χ0v) is 11.7. The van der Waals surface area contributed by atoms with E-state index < -0.39 is 0 Å². The fraction of sp³-hybridized carbons (Fsp3) is 0.929. The lowest BCUT2D eigenvalue weighted by Gasteiger charge is -2.41. The normalized spacial score (nSPS) is 28.2. The van der Waals surface area contributed by atoms with Crippen molar-refractivity contribution in [2.75, 3.05) is 26.2 Å². The quantitative estimate of drug-likeness (QED) is 0.785. The molecule has 1 aliphatic heterocycles. The topological polar surface area (TPSA) is 44.4 Å². The van der Waals surface area contributed by atoms with Crippen LogP contribution in [0.5, 0.6) is 0 Å². The van der Waals surface area contributed by atoms with Gasteiger partial charge in [0.25, 0.3) is 0 Å². The van der Waals surface area contributed by atoms with Crippen LogP contribution >= 0.6 is 0 Å². The first-order valence-corrected chi connectivity index (χ1v) is 7.48. The van der Waals surface area contributed by atoms with Gasteiger partial charge >= 0.3 is 0 Å². The van der Waals surface area contributed by atoms with Gasteiger partial charge in [0, 0.05) is 32.2 Å².